The number of rotatable bonds is 5. The average molecular weight is 299 g/mol. The Morgan fingerprint density at radius 1 is 1.18 bits per heavy atom. The van der Waals surface area contributed by atoms with Crippen LogP contribution < -0.4 is 16.8 Å². The van der Waals surface area contributed by atoms with Crippen LogP contribution in [0.1, 0.15) is 30.1 Å². The second-order valence-corrected chi connectivity index (χ2v) is 5.50. The van der Waals surface area contributed by atoms with Crippen molar-refractivity contribution in [2.45, 2.75) is 31.6 Å². The molecule has 2 atom stereocenters. The first-order valence-electron chi connectivity index (χ1n) is 7.50. The summed E-state index contributed by atoms with van der Waals surface area (Å²) < 4.78 is 6.09. The van der Waals surface area contributed by atoms with Crippen molar-refractivity contribution < 1.29 is 4.74 Å². The summed E-state index contributed by atoms with van der Waals surface area (Å²) in [5.74, 6) is 0.626. The molecular weight excluding hydrogens is 278 g/mol. The number of nitrogens with two attached hydrogens (primary N) is 2. The summed E-state index contributed by atoms with van der Waals surface area (Å²) >= 11 is 0. The van der Waals surface area contributed by atoms with E-state index in [4.69, 9.17) is 16.2 Å². The Labute approximate surface area is 129 Å². The van der Waals surface area contributed by atoms with Gasteiger partial charge in [-0.05, 0) is 18.4 Å². The second kappa shape index (κ2) is 6.72. The fraction of sp³-hybridized carbons (Fsp3) is 0.375. The van der Waals surface area contributed by atoms with Crippen molar-refractivity contribution in [3.05, 3.63) is 47.7 Å². The van der Waals surface area contributed by atoms with Crippen molar-refractivity contribution in [1.82, 2.24) is 15.3 Å². The summed E-state index contributed by atoms with van der Waals surface area (Å²) in [6.07, 6.45) is 4.20. The van der Waals surface area contributed by atoms with Crippen molar-refractivity contribution in [3.8, 4) is 0 Å². The lowest BCUT2D eigenvalue weighted by Gasteiger charge is -2.15. The Morgan fingerprint density at radius 3 is 2.77 bits per heavy atom. The molecule has 0 spiro atoms. The van der Waals surface area contributed by atoms with Gasteiger partial charge >= 0.3 is 0 Å². The molecule has 1 fully saturated rings. The minimum atomic E-state index is 0.200. The minimum Gasteiger partial charge on any atom is -0.383 e. The van der Waals surface area contributed by atoms with Gasteiger partial charge in [-0.3, -0.25) is 0 Å². The predicted molar refractivity (Wildman–Crippen MR) is 85.9 cm³/mol. The van der Waals surface area contributed by atoms with Gasteiger partial charge in [0.05, 0.1) is 12.2 Å². The van der Waals surface area contributed by atoms with E-state index in [1.54, 1.807) is 6.20 Å². The van der Waals surface area contributed by atoms with Gasteiger partial charge in [0.2, 0.25) is 5.95 Å². The molecule has 0 saturated carbocycles. The van der Waals surface area contributed by atoms with Crippen molar-refractivity contribution in [2.75, 3.05) is 18.0 Å². The van der Waals surface area contributed by atoms with Crippen molar-refractivity contribution in [2.24, 2.45) is 0 Å². The smallest absolute Gasteiger partial charge is 0.221 e. The molecule has 0 amide bonds. The zero-order valence-corrected chi connectivity index (χ0v) is 12.4. The van der Waals surface area contributed by atoms with Gasteiger partial charge in [-0.15, -0.1) is 0 Å². The third-order valence-electron chi connectivity index (χ3n) is 3.88. The lowest BCUT2D eigenvalue weighted by Crippen LogP contribution is -2.26. The molecule has 0 radical (unpaired) electrons. The predicted octanol–water partition coefficient (Wildman–Crippen LogP) is 1.65. The summed E-state index contributed by atoms with van der Waals surface area (Å²) in [4.78, 5) is 7.91. The Hall–Kier alpha value is -2.18. The molecule has 1 aromatic heterocycles. The number of ether oxygens (including phenoxy) is 1. The van der Waals surface area contributed by atoms with Crippen LogP contribution in [0.25, 0.3) is 0 Å². The van der Waals surface area contributed by atoms with Gasteiger partial charge < -0.3 is 21.5 Å². The Bertz CT molecular complexity index is 619. The molecule has 0 aliphatic carbocycles. The van der Waals surface area contributed by atoms with Crippen molar-refractivity contribution >= 4 is 11.8 Å². The zero-order valence-electron chi connectivity index (χ0n) is 12.4. The maximum atomic E-state index is 6.09. The van der Waals surface area contributed by atoms with Crippen LogP contribution in [0.2, 0.25) is 0 Å². The average Bonchev–Trinajstić information content (AvgIpc) is 2.99. The third-order valence-corrected chi connectivity index (χ3v) is 3.88. The summed E-state index contributed by atoms with van der Waals surface area (Å²) in [5.41, 5.74) is 13.4. The van der Waals surface area contributed by atoms with Crippen LogP contribution in [-0.2, 0) is 11.3 Å². The van der Waals surface area contributed by atoms with E-state index in [1.807, 2.05) is 18.2 Å². The minimum absolute atomic E-state index is 0.200. The molecule has 0 bridgehead atoms. The lowest BCUT2D eigenvalue weighted by molar-refractivity contribution is 0.0448. The largest absolute Gasteiger partial charge is 0.383 e. The second-order valence-electron chi connectivity index (χ2n) is 5.50. The van der Waals surface area contributed by atoms with Gasteiger partial charge in [0.25, 0.3) is 0 Å². The van der Waals surface area contributed by atoms with E-state index in [0.717, 1.165) is 24.9 Å². The number of hydrogen-bond donors (Lipinski definition) is 3. The molecule has 2 unspecified atom stereocenters. The van der Waals surface area contributed by atoms with Crippen LogP contribution >= 0.6 is 0 Å². The number of nitrogens with zero attached hydrogens (tertiary/aromatic N) is 2. The van der Waals surface area contributed by atoms with Crippen LogP contribution in [0.15, 0.2) is 36.5 Å². The summed E-state index contributed by atoms with van der Waals surface area (Å²) in [7, 11) is 0. The molecule has 5 N–H and O–H groups in total. The molecule has 2 heterocycles. The van der Waals surface area contributed by atoms with Gasteiger partial charge in [0.15, 0.2) is 0 Å². The quantitative estimate of drug-likeness (QED) is 0.776. The third kappa shape index (κ3) is 3.52. The van der Waals surface area contributed by atoms with E-state index in [0.29, 0.717) is 12.4 Å². The first kappa shape index (κ1) is 14.7. The van der Waals surface area contributed by atoms with Crippen LogP contribution in [0.5, 0.6) is 0 Å². The van der Waals surface area contributed by atoms with Gasteiger partial charge in [-0.1, -0.05) is 30.3 Å². The highest BCUT2D eigenvalue weighted by atomic mass is 16.5. The molecule has 2 aromatic rings. The molecule has 3 rings (SSSR count). The number of hydrogen-bond acceptors (Lipinski definition) is 6. The zero-order chi connectivity index (χ0) is 15.4. The SMILES string of the molecule is Nc1ncc(CNCC2CCC(c3ccccc3)O2)c(N)n1. The monoisotopic (exact) mass is 299 g/mol. The maximum Gasteiger partial charge on any atom is 0.221 e. The molecule has 6 heteroatoms. The highest BCUT2D eigenvalue weighted by molar-refractivity contribution is 5.41. The topological polar surface area (TPSA) is 99.1 Å². The standard InChI is InChI=1S/C16H21N5O/c17-15-12(9-20-16(18)21-15)8-19-10-13-6-7-14(22-13)11-4-2-1-3-5-11/h1-5,9,13-14,19H,6-8,10H2,(H4,17,18,20,21). The first-order chi connectivity index (χ1) is 10.7. The van der Waals surface area contributed by atoms with Gasteiger partial charge in [0, 0.05) is 24.8 Å². The highest BCUT2D eigenvalue weighted by Crippen LogP contribution is 2.32. The number of nitrogen functional groups attached to an aromatic ring is 2. The van der Waals surface area contributed by atoms with Crippen molar-refractivity contribution in [3.63, 3.8) is 0 Å². The maximum absolute atomic E-state index is 6.09. The molecule has 6 nitrogen and oxygen atoms in total. The molecule has 116 valence electrons. The normalized spacial score (nSPS) is 21.1. The summed E-state index contributed by atoms with van der Waals surface area (Å²) in [6, 6.07) is 10.4. The fourth-order valence-electron chi connectivity index (χ4n) is 2.71. The van der Waals surface area contributed by atoms with E-state index >= 15 is 0 Å². The Morgan fingerprint density at radius 2 is 2.00 bits per heavy atom. The van der Waals surface area contributed by atoms with E-state index in [1.165, 1.54) is 5.56 Å². The van der Waals surface area contributed by atoms with Gasteiger partial charge in [-0.2, -0.15) is 4.98 Å². The van der Waals surface area contributed by atoms with E-state index in [-0.39, 0.29) is 18.2 Å². The van der Waals surface area contributed by atoms with Gasteiger partial charge in [0.1, 0.15) is 5.82 Å². The first-order valence-corrected chi connectivity index (χ1v) is 7.50. The number of nitrogens with one attached hydrogen (secondary N) is 1. The molecule has 22 heavy (non-hydrogen) atoms. The summed E-state index contributed by atoms with van der Waals surface area (Å²) in [6.45, 7) is 1.40. The Kier molecular flexibility index (Phi) is 4.50. The van der Waals surface area contributed by atoms with Crippen molar-refractivity contribution in [1.29, 1.82) is 0 Å². The highest BCUT2D eigenvalue weighted by Gasteiger charge is 2.25. The molecular formula is C16H21N5O. The van der Waals surface area contributed by atoms with E-state index in [2.05, 4.69) is 27.4 Å². The van der Waals surface area contributed by atoms with Gasteiger partial charge in [-0.25, -0.2) is 4.98 Å². The fourth-order valence-corrected chi connectivity index (χ4v) is 2.71. The van der Waals surface area contributed by atoms with Crippen LogP contribution in [0.3, 0.4) is 0 Å². The molecule has 1 aliphatic rings. The van der Waals surface area contributed by atoms with E-state index in [9.17, 15) is 0 Å². The lowest BCUT2D eigenvalue weighted by atomic mass is 10.1. The van der Waals surface area contributed by atoms with Crippen LogP contribution in [-0.4, -0.2) is 22.6 Å². The Balaban J connectivity index is 1.47. The molecule has 1 aromatic carbocycles. The molecule has 1 saturated heterocycles. The van der Waals surface area contributed by atoms with Crippen LogP contribution in [0.4, 0.5) is 11.8 Å². The molecule has 1 aliphatic heterocycles. The number of aromatic nitrogens is 2. The summed E-state index contributed by atoms with van der Waals surface area (Å²) in [5, 5.41) is 3.35. The number of benzene rings is 1. The number of anilines is 2. The van der Waals surface area contributed by atoms with E-state index < -0.39 is 0 Å². The van der Waals surface area contributed by atoms with Crippen LogP contribution in [0, 0.1) is 0 Å².